The van der Waals surface area contributed by atoms with E-state index >= 15 is 0 Å². The highest BCUT2D eigenvalue weighted by Crippen LogP contribution is 2.40. The number of ether oxygens (including phenoxy) is 2. The first-order chi connectivity index (χ1) is 11.5. The maximum atomic E-state index is 12.7. The van der Waals surface area contributed by atoms with Gasteiger partial charge in [0.1, 0.15) is 13.2 Å². The van der Waals surface area contributed by atoms with Crippen molar-refractivity contribution in [2.24, 2.45) is 0 Å². The second kappa shape index (κ2) is 5.54. The van der Waals surface area contributed by atoms with Crippen LogP contribution in [0, 0.1) is 0 Å². The number of aromatic nitrogens is 2. The first-order valence-electron chi connectivity index (χ1n) is 8.30. The lowest BCUT2D eigenvalue weighted by molar-refractivity contribution is 0.0910. The quantitative estimate of drug-likeness (QED) is 0.905. The Morgan fingerprint density at radius 2 is 2.00 bits per heavy atom. The van der Waals surface area contributed by atoms with Crippen molar-refractivity contribution in [2.75, 3.05) is 13.2 Å². The van der Waals surface area contributed by atoms with E-state index in [2.05, 4.69) is 15.5 Å². The molecule has 0 bridgehead atoms. The number of hydrogen-bond acceptors (Lipinski definition) is 4. The van der Waals surface area contributed by atoms with Gasteiger partial charge in [0.2, 0.25) is 0 Å². The predicted octanol–water partition coefficient (Wildman–Crippen LogP) is 2.72. The van der Waals surface area contributed by atoms with Crippen LogP contribution in [0.3, 0.4) is 0 Å². The van der Waals surface area contributed by atoms with Crippen LogP contribution in [0.5, 0.6) is 11.5 Å². The minimum Gasteiger partial charge on any atom is -0.486 e. The fraction of sp³-hybridized carbons (Fsp3) is 0.444. The molecule has 0 radical (unpaired) electrons. The molecule has 0 saturated heterocycles. The number of carbonyl (C=O) groups is 1. The number of benzene rings is 1. The zero-order valence-electron chi connectivity index (χ0n) is 13.9. The Labute approximate surface area is 140 Å². The summed E-state index contributed by atoms with van der Waals surface area (Å²) in [5.41, 5.74) is 2.02. The molecular formula is C18H21N3O3. The van der Waals surface area contributed by atoms with Crippen LogP contribution in [-0.4, -0.2) is 29.3 Å². The van der Waals surface area contributed by atoms with Gasteiger partial charge in [0.15, 0.2) is 11.5 Å². The number of H-pyrrole nitrogens is 1. The number of hydrogen-bond donors (Lipinski definition) is 2. The fourth-order valence-electron chi connectivity index (χ4n) is 3.02. The summed E-state index contributed by atoms with van der Waals surface area (Å²) in [5, 5.41) is 10.1. The standard InChI is InChI=1S/C18H21N3O3/c1-18(2,12-5-6-14-15(9-12)24-8-7-23-14)20-17(22)13-10-19-21-16(13)11-3-4-11/h5-6,9-11H,3-4,7-8H2,1-2H3,(H,19,21)(H,20,22). The summed E-state index contributed by atoms with van der Waals surface area (Å²) in [6.07, 6.45) is 3.85. The molecule has 2 aliphatic rings. The first-order valence-corrected chi connectivity index (χ1v) is 8.30. The first kappa shape index (κ1) is 15.1. The van der Waals surface area contributed by atoms with E-state index in [1.807, 2.05) is 32.0 Å². The van der Waals surface area contributed by atoms with Gasteiger partial charge in [0, 0.05) is 5.92 Å². The molecule has 1 aromatic heterocycles. The zero-order valence-corrected chi connectivity index (χ0v) is 13.9. The fourth-order valence-corrected chi connectivity index (χ4v) is 3.02. The molecule has 6 nitrogen and oxygen atoms in total. The van der Waals surface area contributed by atoms with Gasteiger partial charge in [-0.25, -0.2) is 0 Å². The van der Waals surface area contributed by atoms with Crippen molar-refractivity contribution in [3.63, 3.8) is 0 Å². The highest BCUT2D eigenvalue weighted by atomic mass is 16.6. The van der Waals surface area contributed by atoms with Crippen molar-refractivity contribution in [1.82, 2.24) is 15.5 Å². The highest BCUT2D eigenvalue weighted by Gasteiger charge is 2.32. The predicted molar refractivity (Wildman–Crippen MR) is 88.5 cm³/mol. The van der Waals surface area contributed by atoms with Crippen LogP contribution < -0.4 is 14.8 Å². The number of aromatic amines is 1. The Morgan fingerprint density at radius 3 is 2.75 bits per heavy atom. The number of fused-ring (bicyclic) bond motifs is 1. The topological polar surface area (TPSA) is 76.2 Å². The third kappa shape index (κ3) is 2.72. The van der Waals surface area contributed by atoms with E-state index in [1.54, 1.807) is 6.20 Å². The lowest BCUT2D eigenvalue weighted by Gasteiger charge is -2.28. The van der Waals surface area contributed by atoms with Gasteiger partial charge in [-0.2, -0.15) is 5.10 Å². The van der Waals surface area contributed by atoms with Gasteiger partial charge in [-0.1, -0.05) is 6.07 Å². The van der Waals surface area contributed by atoms with Crippen LogP contribution in [0.4, 0.5) is 0 Å². The molecule has 2 N–H and O–H groups in total. The largest absolute Gasteiger partial charge is 0.486 e. The molecule has 4 rings (SSSR count). The molecule has 1 aliphatic carbocycles. The number of nitrogens with one attached hydrogen (secondary N) is 2. The normalized spacial score (nSPS) is 16.8. The van der Waals surface area contributed by atoms with Gasteiger partial charge in [0.05, 0.1) is 23.0 Å². The molecule has 24 heavy (non-hydrogen) atoms. The van der Waals surface area contributed by atoms with E-state index in [0.29, 0.717) is 24.7 Å². The maximum Gasteiger partial charge on any atom is 0.255 e. The Kier molecular flexibility index (Phi) is 3.48. The second-order valence-corrected chi connectivity index (χ2v) is 6.91. The van der Waals surface area contributed by atoms with Crippen LogP contribution in [-0.2, 0) is 5.54 Å². The van der Waals surface area contributed by atoms with Gasteiger partial charge < -0.3 is 14.8 Å². The van der Waals surface area contributed by atoms with Crippen molar-refractivity contribution in [3.8, 4) is 11.5 Å². The van der Waals surface area contributed by atoms with Gasteiger partial charge in [-0.3, -0.25) is 9.89 Å². The van der Waals surface area contributed by atoms with Crippen molar-refractivity contribution < 1.29 is 14.3 Å². The molecular weight excluding hydrogens is 306 g/mol. The van der Waals surface area contributed by atoms with E-state index in [1.165, 1.54) is 0 Å². The lowest BCUT2D eigenvalue weighted by atomic mass is 9.93. The van der Waals surface area contributed by atoms with Crippen molar-refractivity contribution in [1.29, 1.82) is 0 Å². The average molecular weight is 327 g/mol. The Morgan fingerprint density at radius 1 is 1.25 bits per heavy atom. The Hall–Kier alpha value is -2.50. The van der Waals surface area contributed by atoms with Crippen molar-refractivity contribution in [2.45, 2.75) is 38.1 Å². The lowest BCUT2D eigenvalue weighted by Crippen LogP contribution is -2.41. The molecule has 2 heterocycles. The smallest absolute Gasteiger partial charge is 0.255 e. The highest BCUT2D eigenvalue weighted by molar-refractivity contribution is 5.95. The molecule has 1 fully saturated rings. The zero-order chi connectivity index (χ0) is 16.7. The number of amides is 1. The molecule has 0 unspecified atom stereocenters. The number of rotatable bonds is 4. The van der Waals surface area contributed by atoms with Gasteiger partial charge in [-0.15, -0.1) is 0 Å². The summed E-state index contributed by atoms with van der Waals surface area (Å²) in [6, 6.07) is 5.79. The minimum absolute atomic E-state index is 0.106. The molecule has 0 spiro atoms. The summed E-state index contributed by atoms with van der Waals surface area (Å²) in [4.78, 5) is 12.7. The van der Waals surface area contributed by atoms with Crippen LogP contribution in [0.25, 0.3) is 0 Å². The summed E-state index contributed by atoms with van der Waals surface area (Å²) in [7, 11) is 0. The van der Waals surface area contributed by atoms with E-state index in [-0.39, 0.29) is 5.91 Å². The number of nitrogens with zero attached hydrogens (tertiary/aromatic N) is 1. The maximum absolute atomic E-state index is 12.7. The number of carbonyl (C=O) groups excluding carboxylic acids is 1. The van der Waals surface area contributed by atoms with Crippen LogP contribution in [0.15, 0.2) is 24.4 Å². The molecule has 6 heteroatoms. The summed E-state index contributed by atoms with van der Waals surface area (Å²) in [6.45, 7) is 5.07. The molecule has 1 aromatic carbocycles. The average Bonchev–Trinajstić information content (AvgIpc) is 3.30. The second-order valence-electron chi connectivity index (χ2n) is 6.91. The molecule has 126 valence electrons. The molecule has 0 atom stereocenters. The molecule has 1 saturated carbocycles. The molecule has 1 aliphatic heterocycles. The van der Waals surface area contributed by atoms with E-state index in [4.69, 9.17) is 9.47 Å². The van der Waals surface area contributed by atoms with Crippen molar-refractivity contribution >= 4 is 5.91 Å². The van der Waals surface area contributed by atoms with Crippen LogP contribution >= 0.6 is 0 Å². The summed E-state index contributed by atoms with van der Waals surface area (Å²) >= 11 is 0. The van der Waals surface area contributed by atoms with Gasteiger partial charge in [0.25, 0.3) is 5.91 Å². The third-order valence-corrected chi connectivity index (χ3v) is 4.59. The molecule has 2 aromatic rings. The summed E-state index contributed by atoms with van der Waals surface area (Å²) in [5.74, 6) is 1.82. The van der Waals surface area contributed by atoms with Crippen molar-refractivity contribution in [3.05, 3.63) is 41.2 Å². The van der Waals surface area contributed by atoms with E-state index < -0.39 is 5.54 Å². The SMILES string of the molecule is CC(C)(NC(=O)c1cn[nH]c1C1CC1)c1ccc2c(c1)OCCO2. The van der Waals surface area contributed by atoms with Crippen LogP contribution in [0.1, 0.15) is 54.2 Å². The van der Waals surface area contributed by atoms with Gasteiger partial charge >= 0.3 is 0 Å². The Balaban J connectivity index is 1.56. The van der Waals surface area contributed by atoms with E-state index in [0.717, 1.165) is 35.6 Å². The van der Waals surface area contributed by atoms with E-state index in [9.17, 15) is 4.79 Å². The monoisotopic (exact) mass is 327 g/mol. The minimum atomic E-state index is -0.537. The van der Waals surface area contributed by atoms with Crippen LogP contribution in [0.2, 0.25) is 0 Å². The summed E-state index contributed by atoms with van der Waals surface area (Å²) < 4.78 is 11.2. The Bertz CT molecular complexity index is 778. The van der Waals surface area contributed by atoms with Gasteiger partial charge in [-0.05, 0) is 44.4 Å². The third-order valence-electron chi connectivity index (χ3n) is 4.59. The molecule has 1 amide bonds.